The maximum atomic E-state index is 12.3. The molecule has 1 atom stereocenters. The van der Waals surface area contributed by atoms with Gasteiger partial charge in [-0.15, -0.1) is 0 Å². The summed E-state index contributed by atoms with van der Waals surface area (Å²) >= 11 is 4.14. The van der Waals surface area contributed by atoms with E-state index in [4.69, 9.17) is 0 Å². The zero-order chi connectivity index (χ0) is 14.1. The predicted molar refractivity (Wildman–Crippen MR) is 77.8 cm³/mol. The van der Waals surface area contributed by atoms with Gasteiger partial charge in [0.15, 0.2) is 0 Å². The number of carbonyl (C=O) groups is 2. The van der Waals surface area contributed by atoms with Crippen molar-refractivity contribution in [2.45, 2.75) is 59.0 Å². The molecule has 0 rings (SSSR count). The Morgan fingerprint density at radius 1 is 1.28 bits per heavy atom. The van der Waals surface area contributed by atoms with Crippen molar-refractivity contribution in [3.8, 4) is 0 Å². The third-order valence-corrected chi connectivity index (χ3v) is 3.13. The summed E-state index contributed by atoms with van der Waals surface area (Å²) in [6.45, 7) is 8.28. The van der Waals surface area contributed by atoms with Gasteiger partial charge in [0.1, 0.15) is 6.04 Å². The summed E-state index contributed by atoms with van der Waals surface area (Å²) in [4.78, 5) is 25.2. The number of nitrogens with zero attached hydrogens (tertiary/aromatic N) is 1. The smallest absolute Gasteiger partial charge is 0.246 e. The van der Waals surface area contributed by atoms with E-state index in [1.165, 1.54) is 6.92 Å². The van der Waals surface area contributed by atoms with Gasteiger partial charge in [0.2, 0.25) is 11.8 Å². The van der Waals surface area contributed by atoms with Gasteiger partial charge in [0.05, 0.1) is 0 Å². The second-order valence-electron chi connectivity index (χ2n) is 4.77. The summed E-state index contributed by atoms with van der Waals surface area (Å²) in [6.07, 6.45) is 3.24. The highest BCUT2D eigenvalue weighted by atomic mass is 32.1. The van der Waals surface area contributed by atoms with Crippen LogP contribution in [0.4, 0.5) is 0 Å². The number of unbranched alkanes of at least 4 members (excludes halogenated alkanes) is 2. The standard InChI is InChI=1S/C13H26N2O2S/c1-5-6-7-8-15(10(2)3)13(17)12(9-18)14-11(4)16/h10,12,18H,5-9H2,1-4H3,(H,14,16). The summed E-state index contributed by atoms with van der Waals surface area (Å²) in [7, 11) is 0. The Balaban J connectivity index is 4.56. The molecular weight excluding hydrogens is 248 g/mol. The Morgan fingerprint density at radius 2 is 1.89 bits per heavy atom. The second kappa shape index (κ2) is 9.25. The Hall–Kier alpha value is -0.710. The van der Waals surface area contributed by atoms with Crippen LogP contribution in [0.5, 0.6) is 0 Å². The summed E-state index contributed by atoms with van der Waals surface area (Å²) < 4.78 is 0. The minimum atomic E-state index is -0.519. The number of thiol groups is 1. The van der Waals surface area contributed by atoms with Crippen molar-refractivity contribution < 1.29 is 9.59 Å². The van der Waals surface area contributed by atoms with Gasteiger partial charge in [-0.05, 0) is 20.3 Å². The highest BCUT2D eigenvalue weighted by molar-refractivity contribution is 7.80. The van der Waals surface area contributed by atoms with Crippen LogP contribution >= 0.6 is 12.6 Å². The van der Waals surface area contributed by atoms with E-state index in [9.17, 15) is 9.59 Å². The lowest BCUT2D eigenvalue weighted by Gasteiger charge is -2.30. The predicted octanol–water partition coefficient (Wildman–Crippen LogP) is 1.85. The van der Waals surface area contributed by atoms with Gasteiger partial charge in [-0.3, -0.25) is 9.59 Å². The third-order valence-electron chi connectivity index (χ3n) is 2.77. The van der Waals surface area contributed by atoms with Gasteiger partial charge in [-0.1, -0.05) is 19.8 Å². The maximum Gasteiger partial charge on any atom is 0.246 e. The van der Waals surface area contributed by atoms with Gasteiger partial charge in [-0.2, -0.15) is 12.6 Å². The van der Waals surface area contributed by atoms with Crippen LogP contribution in [0.3, 0.4) is 0 Å². The zero-order valence-corrected chi connectivity index (χ0v) is 12.8. The molecule has 4 nitrogen and oxygen atoms in total. The first kappa shape index (κ1) is 17.3. The molecular formula is C13H26N2O2S. The molecule has 2 amide bonds. The Kier molecular flexibility index (Phi) is 8.89. The maximum absolute atomic E-state index is 12.3. The highest BCUT2D eigenvalue weighted by Crippen LogP contribution is 2.07. The molecule has 0 aromatic heterocycles. The van der Waals surface area contributed by atoms with Gasteiger partial charge in [0, 0.05) is 25.3 Å². The van der Waals surface area contributed by atoms with Gasteiger partial charge in [-0.25, -0.2) is 0 Å². The van der Waals surface area contributed by atoms with E-state index in [0.717, 1.165) is 25.8 Å². The van der Waals surface area contributed by atoms with E-state index in [-0.39, 0.29) is 17.9 Å². The molecule has 106 valence electrons. The molecule has 0 saturated carbocycles. The van der Waals surface area contributed by atoms with Crippen molar-refractivity contribution in [3.63, 3.8) is 0 Å². The molecule has 0 fully saturated rings. The largest absolute Gasteiger partial charge is 0.344 e. The third kappa shape index (κ3) is 6.28. The van der Waals surface area contributed by atoms with Crippen LogP contribution in [0.2, 0.25) is 0 Å². The molecule has 0 aromatic carbocycles. The Labute approximate surface area is 116 Å². The lowest BCUT2D eigenvalue weighted by molar-refractivity contribution is -0.137. The van der Waals surface area contributed by atoms with Crippen molar-refractivity contribution >= 4 is 24.4 Å². The van der Waals surface area contributed by atoms with Crippen LogP contribution in [0.1, 0.15) is 47.0 Å². The average molecular weight is 274 g/mol. The first-order chi connectivity index (χ1) is 8.43. The number of nitrogens with one attached hydrogen (secondary N) is 1. The Bertz CT molecular complexity index is 270. The monoisotopic (exact) mass is 274 g/mol. The molecule has 0 bridgehead atoms. The summed E-state index contributed by atoms with van der Waals surface area (Å²) in [5.74, 6) is 0.0982. The molecule has 0 aliphatic rings. The van der Waals surface area contributed by atoms with Crippen LogP contribution < -0.4 is 5.32 Å². The van der Waals surface area contributed by atoms with Crippen LogP contribution in [0.25, 0.3) is 0 Å². The summed E-state index contributed by atoms with van der Waals surface area (Å²) in [6, 6.07) is -0.375. The summed E-state index contributed by atoms with van der Waals surface area (Å²) in [5.41, 5.74) is 0. The molecule has 0 heterocycles. The first-order valence-electron chi connectivity index (χ1n) is 6.62. The van der Waals surface area contributed by atoms with E-state index in [1.54, 1.807) is 0 Å². The molecule has 1 N–H and O–H groups in total. The molecule has 0 aliphatic carbocycles. The van der Waals surface area contributed by atoms with Crippen molar-refractivity contribution in [1.29, 1.82) is 0 Å². The molecule has 0 aromatic rings. The number of carbonyl (C=O) groups excluding carboxylic acids is 2. The van der Waals surface area contributed by atoms with Crippen molar-refractivity contribution in [2.75, 3.05) is 12.3 Å². The number of amides is 2. The summed E-state index contributed by atoms with van der Waals surface area (Å²) in [5, 5.41) is 2.65. The minimum absolute atomic E-state index is 0.0358. The fourth-order valence-corrected chi connectivity index (χ4v) is 2.03. The normalized spacial score (nSPS) is 12.3. The average Bonchev–Trinajstić information content (AvgIpc) is 2.30. The lowest BCUT2D eigenvalue weighted by atomic mass is 10.2. The van der Waals surface area contributed by atoms with Crippen molar-refractivity contribution in [1.82, 2.24) is 10.2 Å². The van der Waals surface area contributed by atoms with Gasteiger partial charge >= 0.3 is 0 Å². The van der Waals surface area contributed by atoms with E-state index in [0.29, 0.717) is 5.75 Å². The van der Waals surface area contributed by atoms with E-state index < -0.39 is 6.04 Å². The van der Waals surface area contributed by atoms with E-state index >= 15 is 0 Å². The highest BCUT2D eigenvalue weighted by Gasteiger charge is 2.25. The van der Waals surface area contributed by atoms with Crippen LogP contribution in [-0.4, -0.2) is 41.1 Å². The fraction of sp³-hybridized carbons (Fsp3) is 0.846. The molecule has 5 heteroatoms. The topological polar surface area (TPSA) is 49.4 Å². The lowest BCUT2D eigenvalue weighted by Crippen LogP contribution is -2.51. The van der Waals surface area contributed by atoms with Crippen LogP contribution in [0, 0.1) is 0 Å². The van der Waals surface area contributed by atoms with Gasteiger partial charge in [0.25, 0.3) is 0 Å². The van der Waals surface area contributed by atoms with Gasteiger partial charge < -0.3 is 10.2 Å². The van der Waals surface area contributed by atoms with E-state index in [2.05, 4.69) is 24.9 Å². The Morgan fingerprint density at radius 3 is 2.28 bits per heavy atom. The van der Waals surface area contributed by atoms with Crippen LogP contribution in [0.15, 0.2) is 0 Å². The molecule has 18 heavy (non-hydrogen) atoms. The number of hydrogen-bond donors (Lipinski definition) is 2. The molecule has 0 spiro atoms. The molecule has 1 unspecified atom stereocenters. The van der Waals surface area contributed by atoms with Crippen molar-refractivity contribution in [3.05, 3.63) is 0 Å². The molecule has 0 saturated heterocycles. The second-order valence-corrected chi connectivity index (χ2v) is 5.13. The molecule has 0 aliphatic heterocycles. The fourth-order valence-electron chi connectivity index (χ4n) is 1.79. The number of hydrogen-bond acceptors (Lipinski definition) is 3. The number of rotatable bonds is 8. The van der Waals surface area contributed by atoms with E-state index in [1.807, 2.05) is 18.7 Å². The quantitative estimate of drug-likeness (QED) is 0.524. The SMILES string of the molecule is CCCCCN(C(=O)C(CS)NC(C)=O)C(C)C. The van der Waals surface area contributed by atoms with Crippen molar-refractivity contribution in [2.24, 2.45) is 0 Å². The minimum Gasteiger partial charge on any atom is -0.344 e. The first-order valence-corrected chi connectivity index (χ1v) is 7.25. The molecule has 0 radical (unpaired) electrons. The van der Waals surface area contributed by atoms with Crippen LogP contribution in [-0.2, 0) is 9.59 Å². The zero-order valence-electron chi connectivity index (χ0n) is 11.9.